The molecule has 1 aromatic heterocycles. The van der Waals surface area contributed by atoms with E-state index in [9.17, 15) is 9.59 Å². The van der Waals surface area contributed by atoms with Crippen LogP contribution in [0.25, 0.3) is 0 Å². The Morgan fingerprint density at radius 1 is 1.17 bits per heavy atom. The largest absolute Gasteiger partial charge is 0.497 e. The molecular weight excluding hydrogens is 404 g/mol. The fraction of sp³-hybridized carbons (Fsp3) is 0.174. The molecule has 6 nitrogen and oxygen atoms in total. The zero-order valence-corrected chi connectivity index (χ0v) is 17.3. The summed E-state index contributed by atoms with van der Waals surface area (Å²) in [5, 5.41) is 12.3. The number of carboxylic acid groups (broad SMARTS) is 1. The van der Waals surface area contributed by atoms with Gasteiger partial charge in [-0.25, -0.2) is 4.79 Å². The van der Waals surface area contributed by atoms with Gasteiger partial charge in [0.2, 0.25) is 0 Å². The summed E-state index contributed by atoms with van der Waals surface area (Å²) in [6.07, 6.45) is 1.96. The van der Waals surface area contributed by atoms with E-state index in [2.05, 4.69) is 10.3 Å². The Labute approximate surface area is 179 Å². The van der Waals surface area contributed by atoms with Crippen LogP contribution >= 0.6 is 11.6 Å². The number of pyridine rings is 1. The van der Waals surface area contributed by atoms with Crippen molar-refractivity contribution < 1.29 is 19.4 Å². The minimum Gasteiger partial charge on any atom is -0.497 e. The Bertz CT molecular complexity index is 1070. The highest BCUT2D eigenvalue weighted by Crippen LogP contribution is 2.21. The molecule has 0 fully saturated rings. The molecule has 0 radical (unpaired) electrons. The van der Waals surface area contributed by atoms with Gasteiger partial charge in [0, 0.05) is 12.6 Å². The predicted molar refractivity (Wildman–Crippen MR) is 114 cm³/mol. The molecule has 0 aliphatic rings. The van der Waals surface area contributed by atoms with Crippen LogP contribution in [0.4, 0.5) is 0 Å². The van der Waals surface area contributed by atoms with Crippen LogP contribution in [0.5, 0.6) is 5.75 Å². The Balaban J connectivity index is 1.80. The van der Waals surface area contributed by atoms with Crippen LogP contribution in [0.3, 0.4) is 0 Å². The maximum Gasteiger partial charge on any atom is 0.335 e. The van der Waals surface area contributed by atoms with Gasteiger partial charge < -0.3 is 15.2 Å². The average Bonchev–Trinajstić information content (AvgIpc) is 2.75. The smallest absolute Gasteiger partial charge is 0.335 e. The van der Waals surface area contributed by atoms with Gasteiger partial charge in [0.25, 0.3) is 5.91 Å². The van der Waals surface area contributed by atoms with Crippen molar-refractivity contribution in [3.8, 4) is 5.75 Å². The van der Waals surface area contributed by atoms with E-state index >= 15 is 0 Å². The van der Waals surface area contributed by atoms with Crippen molar-refractivity contribution in [2.75, 3.05) is 7.11 Å². The highest BCUT2D eigenvalue weighted by atomic mass is 35.5. The Kier molecular flexibility index (Phi) is 6.69. The van der Waals surface area contributed by atoms with Gasteiger partial charge >= 0.3 is 5.97 Å². The molecule has 0 saturated heterocycles. The molecular formula is C23H21ClN2O4. The first-order chi connectivity index (χ1) is 14.4. The third-order valence-corrected chi connectivity index (χ3v) is 4.90. The molecule has 1 heterocycles. The Morgan fingerprint density at radius 2 is 1.90 bits per heavy atom. The van der Waals surface area contributed by atoms with E-state index in [-0.39, 0.29) is 17.5 Å². The van der Waals surface area contributed by atoms with Gasteiger partial charge in [0.1, 0.15) is 5.75 Å². The van der Waals surface area contributed by atoms with Crippen LogP contribution in [0, 0.1) is 0 Å². The molecule has 0 saturated carbocycles. The van der Waals surface area contributed by atoms with E-state index in [1.54, 1.807) is 25.3 Å². The van der Waals surface area contributed by atoms with Crippen LogP contribution in [0.15, 0.2) is 60.8 Å². The van der Waals surface area contributed by atoms with E-state index in [4.69, 9.17) is 21.4 Å². The number of hydrogen-bond acceptors (Lipinski definition) is 4. The second-order valence-electron chi connectivity index (χ2n) is 6.80. The number of ether oxygens (including phenoxy) is 1. The normalized spacial score (nSPS) is 11.6. The minimum atomic E-state index is -0.995. The summed E-state index contributed by atoms with van der Waals surface area (Å²) in [7, 11) is 1.60. The van der Waals surface area contributed by atoms with E-state index in [1.165, 1.54) is 18.3 Å². The number of methoxy groups -OCH3 is 1. The van der Waals surface area contributed by atoms with Crippen LogP contribution in [0.2, 0.25) is 5.02 Å². The molecule has 1 atom stereocenters. The van der Waals surface area contributed by atoms with Crippen molar-refractivity contribution in [2.45, 2.75) is 19.4 Å². The van der Waals surface area contributed by atoms with Crippen molar-refractivity contribution >= 4 is 23.5 Å². The SMILES string of the molecule is COc1cccc(Cc2ncc(Cl)cc2C(=O)N[C@@H](C)c2ccc(C(=O)O)cc2)c1. The number of carbonyl (C=O) groups is 2. The average molecular weight is 425 g/mol. The number of carbonyl (C=O) groups excluding carboxylic acids is 1. The van der Waals surface area contributed by atoms with E-state index in [1.807, 2.05) is 31.2 Å². The summed E-state index contributed by atoms with van der Waals surface area (Å²) in [5.41, 5.74) is 2.92. The van der Waals surface area contributed by atoms with Crippen molar-refractivity contribution in [3.05, 3.63) is 93.8 Å². The standard InChI is InChI=1S/C23H21ClN2O4/c1-14(16-6-8-17(9-7-16)23(28)29)26-22(27)20-12-18(24)13-25-21(20)11-15-4-3-5-19(10-15)30-2/h3-10,12-14H,11H2,1-2H3,(H,26,27)(H,28,29)/t14-/m0/s1. The minimum absolute atomic E-state index is 0.192. The van der Waals surface area contributed by atoms with Gasteiger partial charge in [0.05, 0.1) is 35.0 Å². The number of carboxylic acids is 1. The highest BCUT2D eigenvalue weighted by molar-refractivity contribution is 6.30. The maximum atomic E-state index is 13.0. The van der Waals surface area contributed by atoms with E-state index < -0.39 is 5.97 Å². The number of nitrogens with one attached hydrogen (secondary N) is 1. The lowest BCUT2D eigenvalue weighted by Gasteiger charge is -2.16. The monoisotopic (exact) mass is 424 g/mol. The van der Waals surface area contributed by atoms with E-state index in [0.717, 1.165) is 16.9 Å². The second-order valence-corrected chi connectivity index (χ2v) is 7.23. The van der Waals surface area contributed by atoms with Crippen molar-refractivity contribution in [1.29, 1.82) is 0 Å². The Morgan fingerprint density at radius 3 is 2.57 bits per heavy atom. The number of nitrogens with zero attached hydrogens (tertiary/aromatic N) is 1. The van der Waals surface area contributed by atoms with Gasteiger partial charge in [-0.1, -0.05) is 35.9 Å². The lowest BCUT2D eigenvalue weighted by molar-refractivity contribution is 0.0696. The summed E-state index contributed by atoms with van der Waals surface area (Å²) in [6, 6.07) is 15.2. The number of aromatic nitrogens is 1. The molecule has 3 rings (SSSR count). The molecule has 154 valence electrons. The fourth-order valence-electron chi connectivity index (χ4n) is 3.05. The van der Waals surface area contributed by atoms with Crippen molar-refractivity contribution in [3.63, 3.8) is 0 Å². The predicted octanol–water partition coefficient (Wildman–Crippen LogP) is 4.52. The van der Waals surface area contributed by atoms with E-state index in [0.29, 0.717) is 22.7 Å². The summed E-state index contributed by atoms with van der Waals surface area (Å²) in [6.45, 7) is 1.83. The molecule has 3 aromatic rings. The lowest BCUT2D eigenvalue weighted by Crippen LogP contribution is -2.28. The number of amides is 1. The first-order valence-corrected chi connectivity index (χ1v) is 9.66. The zero-order chi connectivity index (χ0) is 21.7. The number of rotatable bonds is 7. The van der Waals surface area contributed by atoms with Gasteiger partial charge in [-0.2, -0.15) is 0 Å². The summed E-state index contributed by atoms with van der Waals surface area (Å²) >= 11 is 6.09. The van der Waals surface area contributed by atoms with Crippen LogP contribution in [0.1, 0.15) is 50.5 Å². The summed E-state index contributed by atoms with van der Waals surface area (Å²) in [5.74, 6) is -0.575. The van der Waals surface area contributed by atoms with Gasteiger partial charge in [-0.3, -0.25) is 9.78 Å². The first-order valence-electron chi connectivity index (χ1n) is 9.29. The number of halogens is 1. The molecule has 0 aliphatic carbocycles. The molecule has 2 aromatic carbocycles. The third-order valence-electron chi connectivity index (χ3n) is 4.69. The molecule has 0 unspecified atom stereocenters. The molecule has 0 bridgehead atoms. The number of benzene rings is 2. The molecule has 0 spiro atoms. The lowest BCUT2D eigenvalue weighted by atomic mass is 10.0. The second kappa shape index (κ2) is 9.41. The fourth-order valence-corrected chi connectivity index (χ4v) is 3.21. The van der Waals surface area contributed by atoms with Crippen molar-refractivity contribution in [1.82, 2.24) is 10.3 Å². The van der Waals surface area contributed by atoms with Crippen LogP contribution in [-0.4, -0.2) is 29.1 Å². The molecule has 30 heavy (non-hydrogen) atoms. The van der Waals surface area contributed by atoms with Gasteiger partial charge in [-0.05, 0) is 48.4 Å². The van der Waals surface area contributed by atoms with Crippen LogP contribution in [-0.2, 0) is 6.42 Å². The number of aromatic carboxylic acids is 1. The quantitative estimate of drug-likeness (QED) is 0.582. The van der Waals surface area contributed by atoms with Crippen molar-refractivity contribution in [2.24, 2.45) is 0 Å². The maximum absolute atomic E-state index is 13.0. The molecule has 7 heteroatoms. The first kappa shape index (κ1) is 21.3. The molecule has 1 amide bonds. The Hall–Kier alpha value is -3.38. The molecule has 0 aliphatic heterocycles. The number of hydrogen-bond donors (Lipinski definition) is 2. The van der Waals surface area contributed by atoms with Gasteiger partial charge in [0.15, 0.2) is 0 Å². The zero-order valence-electron chi connectivity index (χ0n) is 16.6. The summed E-state index contributed by atoms with van der Waals surface area (Å²) < 4.78 is 5.26. The summed E-state index contributed by atoms with van der Waals surface area (Å²) in [4.78, 5) is 28.3. The third kappa shape index (κ3) is 5.15. The topological polar surface area (TPSA) is 88.5 Å². The molecule has 2 N–H and O–H groups in total. The van der Waals surface area contributed by atoms with Gasteiger partial charge in [-0.15, -0.1) is 0 Å². The highest BCUT2D eigenvalue weighted by Gasteiger charge is 2.17. The van der Waals surface area contributed by atoms with Crippen LogP contribution < -0.4 is 10.1 Å².